The lowest BCUT2D eigenvalue weighted by Gasteiger charge is -2.45. The third-order valence-corrected chi connectivity index (χ3v) is 6.84. The van der Waals surface area contributed by atoms with Crippen molar-refractivity contribution in [3.63, 3.8) is 0 Å². The van der Waals surface area contributed by atoms with Crippen LogP contribution in [0.5, 0.6) is 0 Å². The van der Waals surface area contributed by atoms with E-state index in [9.17, 15) is 18.6 Å². The van der Waals surface area contributed by atoms with Crippen LogP contribution < -0.4 is 0 Å². The summed E-state index contributed by atoms with van der Waals surface area (Å²) in [6.07, 6.45) is 1.54. The summed E-state index contributed by atoms with van der Waals surface area (Å²) in [5.41, 5.74) is 2.95. The van der Waals surface area contributed by atoms with Crippen molar-refractivity contribution in [3.05, 3.63) is 76.5 Å². The molecule has 0 aromatic heterocycles. The summed E-state index contributed by atoms with van der Waals surface area (Å²) in [5, 5.41) is 20.8. The zero-order valence-electron chi connectivity index (χ0n) is 16.9. The highest BCUT2D eigenvalue weighted by atomic mass is 32.2. The van der Waals surface area contributed by atoms with Gasteiger partial charge in [0.05, 0.1) is 29.5 Å². The smallest absolute Gasteiger partial charge is 0.283 e. The molecule has 0 saturated carbocycles. The lowest BCUT2D eigenvalue weighted by molar-refractivity contribution is -0.219. The topological polar surface area (TPSA) is 99.4 Å². The van der Waals surface area contributed by atoms with Gasteiger partial charge in [0.25, 0.3) is 10.0 Å². The molecule has 1 fully saturated rings. The van der Waals surface area contributed by atoms with Crippen LogP contribution in [-0.2, 0) is 20.5 Å². The maximum atomic E-state index is 13.2. The number of aryl methyl sites for hydroxylation is 2. The van der Waals surface area contributed by atoms with Crippen molar-refractivity contribution >= 4 is 15.7 Å². The molecule has 0 amide bonds. The minimum absolute atomic E-state index is 0.109. The van der Waals surface area contributed by atoms with E-state index in [0.29, 0.717) is 28.9 Å². The Bertz CT molecular complexity index is 1150. The maximum Gasteiger partial charge on any atom is 0.283 e. The van der Waals surface area contributed by atoms with Crippen LogP contribution in [0.15, 0.2) is 63.5 Å². The molecule has 30 heavy (non-hydrogen) atoms. The Morgan fingerprint density at radius 3 is 2.73 bits per heavy atom. The Kier molecular flexibility index (Phi) is 5.27. The van der Waals surface area contributed by atoms with E-state index in [1.807, 2.05) is 13.0 Å². The van der Waals surface area contributed by atoms with Crippen molar-refractivity contribution in [3.8, 4) is 0 Å². The van der Waals surface area contributed by atoms with Gasteiger partial charge in [-0.15, -0.1) is 0 Å². The highest BCUT2D eigenvalue weighted by molar-refractivity contribution is 7.90. The Labute approximate surface area is 176 Å². The van der Waals surface area contributed by atoms with Crippen LogP contribution in [0.3, 0.4) is 0 Å². The summed E-state index contributed by atoms with van der Waals surface area (Å²) in [7, 11) is -3.99. The fourth-order valence-corrected chi connectivity index (χ4v) is 5.24. The van der Waals surface area contributed by atoms with Crippen LogP contribution in [-0.4, -0.2) is 55.5 Å². The SMILES string of the molecule is Cc1ccc(C)c(S(=O)(=O)N=C2C=C3N(CCO)CCO[C@@]3(O)c3ccccc32)c1. The first-order chi connectivity index (χ1) is 14.3. The Morgan fingerprint density at radius 1 is 1.20 bits per heavy atom. The number of fused-ring (bicyclic) bond motifs is 3. The van der Waals surface area contributed by atoms with Gasteiger partial charge in [-0.05, 0) is 37.1 Å². The van der Waals surface area contributed by atoms with Gasteiger partial charge >= 0.3 is 0 Å². The number of morpholine rings is 1. The first-order valence-corrected chi connectivity index (χ1v) is 11.2. The summed E-state index contributed by atoms with van der Waals surface area (Å²) in [4.78, 5) is 1.94. The van der Waals surface area contributed by atoms with Crippen molar-refractivity contribution in [2.75, 3.05) is 26.3 Å². The minimum Gasteiger partial charge on any atom is -0.395 e. The zero-order chi connectivity index (χ0) is 21.5. The van der Waals surface area contributed by atoms with E-state index in [1.165, 1.54) is 0 Å². The Balaban J connectivity index is 1.91. The molecule has 1 heterocycles. The lowest BCUT2D eigenvalue weighted by atomic mass is 9.86. The van der Waals surface area contributed by atoms with Crippen molar-refractivity contribution in [1.29, 1.82) is 0 Å². The molecule has 0 unspecified atom stereocenters. The number of allylic oxidation sites excluding steroid dienone is 1. The van der Waals surface area contributed by atoms with Gasteiger partial charge in [-0.3, -0.25) is 0 Å². The van der Waals surface area contributed by atoms with Crippen molar-refractivity contribution < 1.29 is 23.4 Å². The molecule has 158 valence electrons. The number of sulfonamides is 1. The average molecular weight is 429 g/mol. The number of aliphatic hydroxyl groups excluding tert-OH is 1. The molecule has 0 spiro atoms. The van der Waals surface area contributed by atoms with Gasteiger partial charge in [0, 0.05) is 24.2 Å². The molecule has 7 nitrogen and oxygen atoms in total. The van der Waals surface area contributed by atoms with E-state index in [1.54, 1.807) is 54.3 Å². The quantitative estimate of drug-likeness (QED) is 0.771. The van der Waals surface area contributed by atoms with Gasteiger partial charge in [-0.25, -0.2) is 0 Å². The zero-order valence-corrected chi connectivity index (χ0v) is 17.7. The van der Waals surface area contributed by atoms with Gasteiger partial charge in [-0.2, -0.15) is 12.8 Å². The first-order valence-electron chi connectivity index (χ1n) is 9.73. The van der Waals surface area contributed by atoms with Crippen molar-refractivity contribution in [1.82, 2.24) is 4.90 Å². The number of hydrogen-bond donors (Lipinski definition) is 2. The molecule has 2 aromatic rings. The lowest BCUT2D eigenvalue weighted by Crippen LogP contribution is -2.50. The average Bonchev–Trinajstić information content (AvgIpc) is 2.71. The molecule has 1 aliphatic heterocycles. The highest BCUT2D eigenvalue weighted by Crippen LogP contribution is 2.41. The number of β-amino-alcohol motifs (C(OH)–C–C–N with tert-alkyl or cyclic N) is 1. The summed E-state index contributed by atoms with van der Waals surface area (Å²) >= 11 is 0. The predicted octanol–water partition coefficient (Wildman–Crippen LogP) is 1.85. The van der Waals surface area contributed by atoms with E-state index in [0.717, 1.165) is 5.56 Å². The summed E-state index contributed by atoms with van der Waals surface area (Å²) < 4.78 is 36.2. The van der Waals surface area contributed by atoms with Crippen LogP contribution in [0.4, 0.5) is 0 Å². The summed E-state index contributed by atoms with van der Waals surface area (Å²) in [6, 6.07) is 12.1. The van der Waals surface area contributed by atoms with E-state index in [-0.39, 0.29) is 30.4 Å². The van der Waals surface area contributed by atoms with E-state index < -0.39 is 15.8 Å². The number of ether oxygens (including phenoxy) is 1. The number of benzene rings is 2. The minimum atomic E-state index is -3.99. The van der Waals surface area contributed by atoms with Crippen LogP contribution in [0.2, 0.25) is 0 Å². The van der Waals surface area contributed by atoms with Gasteiger partial charge in [0.2, 0.25) is 5.79 Å². The first kappa shape index (κ1) is 20.7. The van der Waals surface area contributed by atoms with Crippen LogP contribution >= 0.6 is 0 Å². The molecular weight excluding hydrogens is 404 g/mol. The normalized spacial score (nSPS) is 22.5. The second kappa shape index (κ2) is 7.63. The molecule has 1 saturated heterocycles. The fraction of sp³-hybridized carbons (Fsp3) is 0.318. The molecule has 0 bridgehead atoms. The standard InChI is InChI=1S/C22H24N2O5S/c1-15-7-8-16(2)20(13-15)30(27,28)23-19-14-21-22(26,18-6-4-3-5-17(18)19)29-12-10-24(21)9-11-25/h3-8,13-14,25-26H,9-12H2,1-2H3/t22-/m0/s1. The van der Waals surface area contributed by atoms with Gasteiger partial charge in [-0.1, -0.05) is 36.4 Å². The number of aliphatic hydroxyl groups is 2. The maximum absolute atomic E-state index is 13.2. The molecule has 2 N–H and O–H groups in total. The third-order valence-electron chi connectivity index (χ3n) is 5.41. The van der Waals surface area contributed by atoms with E-state index >= 15 is 0 Å². The molecular formula is C22H24N2O5S. The fourth-order valence-electron chi connectivity index (χ4n) is 3.92. The second-order valence-corrected chi connectivity index (χ2v) is 9.07. The number of hydrogen-bond acceptors (Lipinski definition) is 6. The largest absolute Gasteiger partial charge is 0.395 e. The number of nitrogens with zero attached hydrogens (tertiary/aromatic N) is 2. The van der Waals surface area contributed by atoms with Gasteiger partial charge in [0.15, 0.2) is 0 Å². The predicted molar refractivity (Wildman–Crippen MR) is 113 cm³/mol. The Morgan fingerprint density at radius 2 is 1.97 bits per heavy atom. The third kappa shape index (κ3) is 3.45. The Hall–Kier alpha value is -2.52. The van der Waals surface area contributed by atoms with Crippen molar-refractivity contribution in [2.45, 2.75) is 24.5 Å². The van der Waals surface area contributed by atoms with Crippen LogP contribution in [0.1, 0.15) is 22.3 Å². The number of rotatable bonds is 4. The summed E-state index contributed by atoms with van der Waals surface area (Å²) in [6.45, 7) is 4.48. The molecule has 8 heteroatoms. The van der Waals surface area contributed by atoms with Gasteiger partial charge in [0.1, 0.15) is 0 Å². The van der Waals surface area contributed by atoms with E-state index in [4.69, 9.17) is 4.74 Å². The molecule has 0 radical (unpaired) electrons. The van der Waals surface area contributed by atoms with Crippen LogP contribution in [0.25, 0.3) is 0 Å². The molecule has 1 aliphatic carbocycles. The monoisotopic (exact) mass is 428 g/mol. The molecule has 2 aromatic carbocycles. The van der Waals surface area contributed by atoms with Gasteiger partial charge < -0.3 is 19.8 Å². The summed E-state index contributed by atoms with van der Waals surface area (Å²) in [5.74, 6) is -1.72. The second-order valence-electron chi connectivity index (χ2n) is 7.50. The van der Waals surface area contributed by atoms with E-state index in [2.05, 4.69) is 4.40 Å². The van der Waals surface area contributed by atoms with Crippen molar-refractivity contribution in [2.24, 2.45) is 4.40 Å². The highest BCUT2D eigenvalue weighted by Gasteiger charge is 2.46. The molecule has 1 atom stereocenters. The molecule has 2 aliphatic rings. The van der Waals surface area contributed by atoms with Crippen LogP contribution in [0, 0.1) is 13.8 Å². The molecule has 4 rings (SSSR count).